The average molecular weight is 575 g/mol. The summed E-state index contributed by atoms with van der Waals surface area (Å²) in [5.41, 5.74) is 1.42. The third-order valence-corrected chi connectivity index (χ3v) is 8.69. The number of aliphatic imine (C=N–C) groups is 1. The van der Waals surface area contributed by atoms with Gasteiger partial charge in [-0.25, -0.2) is 14.8 Å². The number of thiol groups is 1. The molecule has 1 amide bonds. The van der Waals surface area contributed by atoms with Crippen molar-refractivity contribution in [3.8, 4) is 17.2 Å². The monoisotopic (exact) mass is 574 g/mol. The maximum absolute atomic E-state index is 13.1. The number of anilines is 3. The van der Waals surface area contributed by atoms with Crippen molar-refractivity contribution in [1.29, 1.82) is 0 Å². The number of aromatic nitrogens is 2. The number of benzene rings is 1. The molecular formula is C26H34N6O7S. The quantitative estimate of drug-likeness (QED) is 0.309. The molecule has 13 nitrogen and oxygen atoms in total. The topological polar surface area (TPSA) is 157 Å². The van der Waals surface area contributed by atoms with Gasteiger partial charge in [0.1, 0.15) is 10.7 Å². The van der Waals surface area contributed by atoms with Crippen molar-refractivity contribution in [2.75, 3.05) is 68.9 Å². The summed E-state index contributed by atoms with van der Waals surface area (Å²) in [6.07, 6.45) is -0.0438. The van der Waals surface area contributed by atoms with E-state index in [4.69, 9.17) is 18.9 Å². The number of carbonyl (C=O) groups excluding carboxylic acids is 1. The zero-order valence-corrected chi connectivity index (χ0v) is 24.0. The number of aliphatic carboxylic acids is 1. The maximum atomic E-state index is 13.1. The summed E-state index contributed by atoms with van der Waals surface area (Å²) in [6, 6.07) is 5.06. The number of hydrogen-bond acceptors (Lipinski definition) is 11. The van der Waals surface area contributed by atoms with E-state index < -0.39 is 16.9 Å². The number of nitrogens with one attached hydrogen (secondary N) is 2. The fourth-order valence-electron chi connectivity index (χ4n) is 4.45. The van der Waals surface area contributed by atoms with Gasteiger partial charge in [0.25, 0.3) is 0 Å². The lowest BCUT2D eigenvalue weighted by Crippen LogP contribution is -2.37. The van der Waals surface area contributed by atoms with Crippen LogP contribution in [0.3, 0.4) is 0 Å². The van der Waals surface area contributed by atoms with Crippen LogP contribution in [-0.2, 0) is 20.7 Å². The molecule has 1 atom stereocenters. The first-order valence-electron chi connectivity index (χ1n) is 12.7. The number of amides is 1. The lowest BCUT2D eigenvalue weighted by molar-refractivity contribution is -0.131. The molecule has 1 unspecified atom stereocenters. The molecule has 0 radical (unpaired) electrons. The SMILES string of the molecule is CC[SH]1C(Nc2nc(CC(=O)Nc3cc(OC)c(OC)c(OC)c3)cc(N3CCOCC3)n2)=NC(C)=C1C(=O)O. The van der Waals surface area contributed by atoms with Gasteiger partial charge >= 0.3 is 5.97 Å². The van der Waals surface area contributed by atoms with Gasteiger partial charge in [-0.15, -0.1) is 0 Å². The number of carboxylic acids is 1. The second-order valence-electron chi connectivity index (χ2n) is 8.82. The van der Waals surface area contributed by atoms with Crippen molar-refractivity contribution in [1.82, 2.24) is 9.97 Å². The number of ether oxygens (including phenoxy) is 4. The molecule has 1 saturated heterocycles. The molecular weight excluding hydrogens is 540 g/mol. The number of rotatable bonds is 10. The van der Waals surface area contributed by atoms with E-state index in [9.17, 15) is 14.7 Å². The molecule has 2 aromatic rings. The van der Waals surface area contributed by atoms with Gasteiger partial charge in [0.15, 0.2) is 16.7 Å². The summed E-state index contributed by atoms with van der Waals surface area (Å²) in [4.78, 5) is 41.0. The highest BCUT2D eigenvalue weighted by molar-refractivity contribution is 8.34. The third kappa shape index (κ3) is 6.39. The minimum atomic E-state index is -1.18. The molecule has 1 aromatic carbocycles. The summed E-state index contributed by atoms with van der Waals surface area (Å²) in [5, 5.41) is 16.2. The van der Waals surface area contributed by atoms with Gasteiger partial charge in [-0.05, 0) is 12.7 Å². The molecule has 4 rings (SSSR count). The van der Waals surface area contributed by atoms with Crippen LogP contribution in [0.2, 0.25) is 0 Å². The van der Waals surface area contributed by atoms with Crippen LogP contribution >= 0.6 is 10.9 Å². The van der Waals surface area contributed by atoms with Crippen LogP contribution in [0.1, 0.15) is 19.5 Å². The molecule has 2 aliphatic rings. The molecule has 2 aliphatic heterocycles. The normalized spacial score (nSPS) is 17.8. The highest BCUT2D eigenvalue weighted by Gasteiger charge is 2.29. The minimum absolute atomic E-state index is 0.0438. The smallest absolute Gasteiger partial charge is 0.342 e. The second kappa shape index (κ2) is 12.9. The van der Waals surface area contributed by atoms with E-state index in [1.807, 2.05) is 6.92 Å². The van der Waals surface area contributed by atoms with Crippen molar-refractivity contribution in [2.45, 2.75) is 20.3 Å². The predicted molar refractivity (Wildman–Crippen MR) is 154 cm³/mol. The summed E-state index contributed by atoms with van der Waals surface area (Å²) >= 11 is 0. The standard InChI is InChI=1S/C26H34N6O7S/c1-6-40-23(24(34)35)15(2)27-26(40)31-25-29-17(13-20(30-25)32-7-9-39-10-8-32)14-21(33)28-16-11-18(36-3)22(38-5)19(12-16)37-4/h11-13,40H,6-10,14H2,1-5H3,(H,28,33)(H,34,35)(H,27,29,30,31). The van der Waals surface area contributed by atoms with Gasteiger partial charge < -0.3 is 39.6 Å². The van der Waals surface area contributed by atoms with E-state index >= 15 is 0 Å². The Morgan fingerprint density at radius 1 is 1.07 bits per heavy atom. The van der Waals surface area contributed by atoms with Gasteiger partial charge in [0.05, 0.1) is 52.4 Å². The molecule has 0 bridgehead atoms. The molecule has 1 aromatic heterocycles. The van der Waals surface area contributed by atoms with E-state index in [2.05, 4.69) is 30.5 Å². The van der Waals surface area contributed by atoms with Crippen LogP contribution < -0.4 is 29.7 Å². The van der Waals surface area contributed by atoms with Gasteiger partial charge in [-0.3, -0.25) is 4.79 Å². The number of methoxy groups -OCH3 is 3. The van der Waals surface area contributed by atoms with Crippen molar-refractivity contribution in [2.24, 2.45) is 4.99 Å². The number of allylic oxidation sites excluding steroid dienone is 1. The van der Waals surface area contributed by atoms with Crippen LogP contribution in [0.15, 0.2) is 33.8 Å². The Kier molecular flexibility index (Phi) is 9.32. The Labute approximate surface area is 234 Å². The summed E-state index contributed by atoms with van der Waals surface area (Å²) in [7, 11) is 3.33. The van der Waals surface area contributed by atoms with E-state index in [0.29, 0.717) is 82.3 Å². The molecule has 216 valence electrons. The largest absolute Gasteiger partial charge is 0.493 e. The van der Waals surface area contributed by atoms with E-state index in [1.54, 1.807) is 25.1 Å². The number of carbonyl (C=O) groups is 2. The first kappa shape index (κ1) is 29.0. The molecule has 3 N–H and O–H groups in total. The molecule has 0 spiro atoms. The predicted octanol–water partition coefficient (Wildman–Crippen LogP) is 2.64. The molecule has 1 fully saturated rings. The van der Waals surface area contributed by atoms with Crippen molar-refractivity contribution < 1.29 is 33.6 Å². The maximum Gasteiger partial charge on any atom is 0.342 e. The van der Waals surface area contributed by atoms with Crippen molar-refractivity contribution in [3.05, 3.63) is 34.5 Å². The molecule has 14 heteroatoms. The second-order valence-corrected chi connectivity index (χ2v) is 11.2. The van der Waals surface area contributed by atoms with Gasteiger partial charge in [0, 0.05) is 37.0 Å². The Bertz CT molecular complexity index is 1320. The number of amidine groups is 1. The number of morpholine rings is 1. The van der Waals surface area contributed by atoms with Gasteiger partial charge in [0.2, 0.25) is 17.6 Å². The summed E-state index contributed by atoms with van der Waals surface area (Å²) < 4.78 is 21.6. The van der Waals surface area contributed by atoms with E-state index in [-0.39, 0.29) is 18.3 Å². The first-order chi connectivity index (χ1) is 19.3. The average Bonchev–Trinajstić information content (AvgIpc) is 3.27. The van der Waals surface area contributed by atoms with Gasteiger partial charge in [-0.2, -0.15) is 15.9 Å². The van der Waals surface area contributed by atoms with Crippen LogP contribution in [-0.4, -0.2) is 85.5 Å². The zero-order valence-electron chi connectivity index (χ0n) is 23.1. The van der Waals surface area contributed by atoms with Crippen LogP contribution in [0.5, 0.6) is 17.2 Å². The fourth-order valence-corrected chi connectivity index (χ4v) is 6.46. The molecule has 40 heavy (non-hydrogen) atoms. The van der Waals surface area contributed by atoms with Crippen molar-refractivity contribution >= 4 is 45.4 Å². The van der Waals surface area contributed by atoms with Crippen LogP contribution in [0, 0.1) is 0 Å². The zero-order chi connectivity index (χ0) is 28.8. The Morgan fingerprint density at radius 2 is 1.75 bits per heavy atom. The lowest BCUT2D eigenvalue weighted by Gasteiger charge is -2.28. The van der Waals surface area contributed by atoms with E-state index in [0.717, 1.165) is 0 Å². The number of nitrogens with zero attached hydrogens (tertiary/aromatic N) is 4. The van der Waals surface area contributed by atoms with Crippen LogP contribution in [0.25, 0.3) is 0 Å². The Balaban J connectivity index is 1.59. The first-order valence-corrected chi connectivity index (χ1v) is 14.2. The highest BCUT2D eigenvalue weighted by Crippen LogP contribution is 2.44. The molecule has 0 saturated carbocycles. The lowest BCUT2D eigenvalue weighted by atomic mass is 10.2. The fraction of sp³-hybridized carbons (Fsp3) is 0.423. The summed E-state index contributed by atoms with van der Waals surface area (Å²) in [5.74, 6) is 1.45. The Morgan fingerprint density at radius 3 is 2.33 bits per heavy atom. The molecule has 3 heterocycles. The third-order valence-electron chi connectivity index (χ3n) is 6.28. The van der Waals surface area contributed by atoms with Crippen LogP contribution in [0.4, 0.5) is 17.5 Å². The van der Waals surface area contributed by atoms with Crippen molar-refractivity contribution in [3.63, 3.8) is 0 Å². The minimum Gasteiger partial charge on any atom is -0.493 e. The molecule has 0 aliphatic carbocycles. The van der Waals surface area contributed by atoms with E-state index in [1.165, 1.54) is 21.3 Å². The summed E-state index contributed by atoms with van der Waals surface area (Å²) in [6.45, 7) is 6.01. The Hall–Kier alpha value is -4.04. The number of hydrogen-bond donors (Lipinski definition) is 4. The number of carboxylic acid groups (broad SMARTS) is 1. The van der Waals surface area contributed by atoms with Gasteiger partial charge in [-0.1, -0.05) is 6.92 Å². The highest BCUT2D eigenvalue weighted by atomic mass is 32.2.